The maximum atomic E-state index is 13.6. The maximum Gasteiger partial charge on any atom is 0.270 e. The molecule has 0 aliphatic carbocycles. The molecule has 29 heavy (non-hydrogen) atoms. The summed E-state index contributed by atoms with van der Waals surface area (Å²) < 4.78 is 39.2. The van der Waals surface area contributed by atoms with Gasteiger partial charge < -0.3 is 14.2 Å². The van der Waals surface area contributed by atoms with Crippen molar-refractivity contribution in [2.24, 2.45) is 0 Å². The zero-order chi connectivity index (χ0) is 20.6. The minimum Gasteiger partial charge on any atom is -0.494 e. The molecule has 2 heterocycles. The first-order valence-corrected chi connectivity index (χ1v) is 10.6. The summed E-state index contributed by atoms with van der Waals surface area (Å²) in [5, 5.41) is 4.39. The van der Waals surface area contributed by atoms with Crippen LogP contribution in [0.15, 0.2) is 79.5 Å². The van der Waals surface area contributed by atoms with E-state index >= 15 is 0 Å². The monoisotopic (exact) mass is 475 g/mol. The van der Waals surface area contributed by atoms with Crippen molar-refractivity contribution in [2.75, 3.05) is 11.4 Å². The van der Waals surface area contributed by atoms with Gasteiger partial charge >= 0.3 is 0 Å². The average Bonchev–Trinajstić information content (AvgIpc) is 3.22. The number of H-pyrrole nitrogens is 1. The third-order valence-corrected chi connectivity index (χ3v) is 6.43. The first-order chi connectivity index (χ1) is 13.9. The van der Waals surface area contributed by atoms with Gasteiger partial charge in [-0.1, -0.05) is 21.1 Å². The van der Waals surface area contributed by atoms with E-state index in [0.717, 1.165) is 8.78 Å². The molecule has 0 fully saturated rings. The summed E-state index contributed by atoms with van der Waals surface area (Å²) in [5.74, 6) is 0.406. The van der Waals surface area contributed by atoms with Gasteiger partial charge in [0.1, 0.15) is 17.7 Å². The Morgan fingerprint density at radius 3 is 2.66 bits per heavy atom. The summed E-state index contributed by atoms with van der Waals surface area (Å²) >= 11 is 3.35. The molecule has 1 N–H and O–H groups in total. The van der Waals surface area contributed by atoms with Crippen molar-refractivity contribution in [3.63, 3.8) is 0 Å². The summed E-state index contributed by atoms with van der Waals surface area (Å²) in [4.78, 5) is 14.2. The fourth-order valence-corrected chi connectivity index (χ4v) is 4.72. The van der Waals surface area contributed by atoms with Gasteiger partial charge in [-0.05, 0) is 47.9 Å². The zero-order valence-corrected chi connectivity index (χ0v) is 17.4. The summed E-state index contributed by atoms with van der Waals surface area (Å²) in [6, 6.07) is 13.8. The van der Waals surface area contributed by atoms with Crippen molar-refractivity contribution in [2.45, 2.75) is 4.90 Å². The molecule has 0 saturated carbocycles. The number of ether oxygens (including phenoxy) is 1. The number of halogens is 1. The van der Waals surface area contributed by atoms with Gasteiger partial charge in [0.2, 0.25) is 5.56 Å². The predicted octanol–water partition coefficient (Wildman–Crippen LogP) is 3.81. The van der Waals surface area contributed by atoms with Crippen molar-refractivity contribution < 1.29 is 17.7 Å². The van der Waals surface area contributed by atoms with Crippen LogP contribution < -0.4 is 14.6 Å². The van der Waals surface area contributed by atoms with Crippen molar-refractivity contribution in [1.82, 2.24) is 10.1 Å². The smallest absolute Gasteiger partial charge is 0.270 e. The number of nitrogens with zero attached hydrogens (tertiary/aromatic N) is 2. The Kier molecular flexibility index (Phi) is 4.89. The number of hydrogen-bond donors (Lipinski definition) is 1. The van der Waals surface area contributed by atoms with E-state index in [-0.39, 0.29) is 22.0 Å². The third kappa shape index (κ3) is 3.52. The molecule has 0 aliphatic rings. The number of aromatic nitrogens is 2. The van der Waals surface area contributed by atoms with Crippen LogP contribution in [-0.2, 0) is 10.0 Å². The second-order valence-corrected chi connectivity index (χ2v) is 8.72. The van der Waals surface area contributed by atoms with Crippen molar-refractivity contribution >= 4 is 48.4 Å². The molecule has 4 rings (SSSR count). The molecule has 2 aromatic carbocycles. The van der Waals surface area contributed by atoms with E-state index in [9.17, 15) is 13.2 Å². The largest absolute Gasteiger partial charge is 0.494 e. The number of anilines is 2. The van der Waals surface area contributed by atoms with Gasteiger partial charge in [0.25, 0.3) is 10.0 Å². The van der Waals surface area contributed by atoms with Crippen LogP contribution in [0.3, 0.4) is 0 Å². The minimum absolute atomic E-state index is 0.0185. The fraction of sp³-hybridized carbons (Fsp3) is 0.0526. The lowest BCUT2D eigenvalue weighted by Crippen LogP contribution is -2.27. The van der Waals surface area contributed by atoms with Crippen LogP contribution in [0, 0.1) is 0 Å². The van der Waals surface area contributed by atoms with E-state index in [1.165, 1.54) is 37.6 Å². The van der Waals surface area contributed by atoms with Crippen LogP contribution >= 0.6 is 15.9 Å². The topological polar surface area (TPSA) is 106 Å². The van der Waals surface area contributed by atoms with Crippen LogP contribution in [0.4, 0.5) is 11.5 Å². The number of hydrogen-bond acceptors (Lipinski definition) is 6. The normalized spacial score (nSPS) is 11.5. The zero-order valence-electron chi connectivity index (χ0n) is 15.0. The molecule has 2 aromatic heterocycles. The van der Waals surface area contributed by atoms with Crippen molar-refractivity contribution in [3.8, 4) is 5.75 Å². The number of benzene rings is 2. The van der Waals surface area contributed by atoms with Crippen molar-refractivity contribution in [3.05, 3.63) is 75.7 Å². The van der Waals surface area contributed by atoms with Gasteiger partial charge in [0.15, 0.2) is 5.82 Å². The second kappa shape index (κ2) is 7.37. The van der Waals surface area contributed by atoms with E-state index in [2.05, 4.69) is 26.1 Å². The van der Waals surface area contributed by atoms with Gasteiger partial charge in [-0.25, -0.2) is 12.7 Å². The Morgan fingerprint density at radius 1 is 1.10 bits per heavy atom. The highest BCUT2D eigenvalue weighted by atomic mass is 79.9. The van der Waals surface area contributed by atoms with Crippen molar-refractivity contribution in [1.29, 1.82) is 0 Å². The van der Waals surface area contributed by atoms with Crippen LogP contribution in [0.25, 0.3) is 10.9 Å². The van der Waals surface area contributed by atoms with E-state index in [0.29, 0.717) is 16.7 Å². The molecule has 8 nitrogen and oxygen atoms in total. The third-order valence-electron chi connectivity index (χ3n) is 4.23. The summed E-state index contributed by atoms with van der Waals surface area (Å²) in [6.07, 6.45) is 1.29. The lowest BCUT2D eigenvalue weighted by molar-refractivity contribution is 0.414. The quantitative estimate of drug-likeness (QED) is 0.470. The van der Waals surface area contributed by atoms with Gasteiger partial charge in [-0.15, -0.1) is 0 Å². The molecule has 0 radical (unpaired) electrons. The molecule has 148 valence electrons. The highest BCUT2D eigenvalue weighted by Crippen LogP contribution is 2.39. The van der Waals surface area contributed by atoms with Crippen LogP contribution in [0.2, 0.25) is 0 Å². The number of fused-ring (bicyclic) bond motifs is 1. The Hall–Kier alpha value is -3.11. The molecule has 0 bridgehead atoms. The minimum atomic E-state index is -4.10. The Balaban J connectivity index is 1.93. The Morgan fingerprint density at radius 2 is 1.93 bits per heavy atom. The molecule has 10 heteroatoms. The second-order valence-electron chi connectivity index (χ2n) is 6.01. The van der Waals surface area contributed by atoms with E-state index in [4.69, 9.17) is 9.26 Å². The molecule has 0 aliphatic heterocycles. The highest BCUT2D eigenvalue weighted by Gasteiger charge is 2.31. The van der Waals surface area contributed by atoms with Gasteiger partial charge in [-0.3, -0.25) is 4.79 Å². The molecular weight excluding hydrogens is 462 g/mol. The Labute approximate surface area is 173 Å². The number of sulfonamides is 1. The SMILES string of the molecule is COc1cc(Br)ccc1N(c1ccon1)S(=O)(=O)c1ccc2[nH]c(=O)ccc2c1. The predicted molar refractivity (Wildman–Crippen MR) is 111 cm³/mol. The number of methoxy groups -OCH3 is 1. The molecule has 0 atom stereocenters. The number of aromatic amines is 1. The van der Waals surface area contributed by atoms with Crippen LogP contribution in [-0.4, -0.2) is 25.7 Å². The van der Waals surface area contributed by atoms with Crippen LogP contribution in [0.5, 0.6) is 5.75 Å². The van der Waals surface area contributed by atoms with Gasteiger partial charge in [0.05, 0.1) is 12.0 Å². The molecule has 0 spiro atoms. The van der Waals surface area contributed by atoms with E-state index in [1.54, 1.807) is 30.3 Å². The van der Waals surface area contributed by atoms with E-state index in [1.807, 2.05) is 0 Å². The van der Waals surface area contributed by atoms with Gasteiger partial charge in [-0.2, -0.15) is 0 Å². The maximum absolute atomic E-state index is 13.6. The summed E-state index contributed by atoms with van der Waals surface area (Å²) in [7, 11) is -2.65. The first kappa shape index (κ1) is 19.2. The molecular formula is C19H14BrN3O5S. The molecule has 0 unspecified atom stereocenters. The molecule has 0 saturated heterocycles. The molecule has 0 amide bonds. The lowest BCUT2D eigenvalue weighted by Gasteiger charge is -2.23. The fourth-order valence-electron chi connectivity index (χ4n) is 2.90. The summed E-state index contributed by atoms with van der Waals surface area (Å²) in [5.41, 5.74) is 0.536. The highest BCUT2D eigenvalue weighted by molar-refractivity contribution is 9.10. The lowest BCUT2D eigenvalue weighted by atomic mass is 10.2. The average molecular weight is 476 g/mol. The standard InChI is InChI=1S/C19H14BrN3O5S/c1-27-17-11-13(20)3-6-16(17)23(18-8-9-28-22-18)29(25,26)14-4-5-15-12(10-14)2-7-19(24)21-15/h2-11H,1H3,(H,21,24). The summed E-state index contributed by atoms with van der Waals surface area (Å²) in [6.45, 7) is 0. The Bertz CT molecular complexity index is 1350. The first-order valence-electron chi connectivity index (χ1n) is 8.32. The number of pyridine rings is 1. The number of nitrogens with one attached hydrogen (secondary N) is 1. The number of rotatable bonds is 5. The van der Waals surface area contributed by atoms with Crippen LogP contribution in [0.1, 0.15) is 0 Å². The van der Waals surface area contributed by atoms with Gasteiger partial charge in [0, 0.05) is 22.1 Å². The molecule has 4 aromatic rings. The van der Waals surface area contributed by atoms with E-state index < -0.39 is 10.0 Å².